The number of rotatable bonds is 5. The van der Waals surface area contributed by atoms with Crippen LogP contribution in [-0.2, 0) is 13.0 Å². The van der Waals surface area contributed by atoms with Crippen LogP contribution >= 0.6 is 11.3 Å². The van der Waals surface area contributed by atoms with Crippen LogP contribution < -0.4 is 10.6 Å². The van der Waals surface area contributed by atoms with Crippen LogP contribution in [0.5, 0.6) is 0 Å². The van der Waals surface area contributed by atoms with Crippen molar-refractivity contribution in [2.75, 3.05) is 13.6 Å². The maximum atomic E-state index is 13.0. The Balaban J connectivity index is 1.78. The van der Waals surface area contributed by atoms with E-state index in [2.05, 4.69) is 32.5 Å². The number of guanidine groups is 1. The van der Waals surface area contributed by atoms with Gasteiger partial charge < -0.3 is 10.6 Å². The van der Waals surface area contributed by atoms with Gasteiger partial charge in [0.1, 0.15) is 5.82 Å². The zero-order valence-electron chi connectivity index (χ0n) is 12.3. The maximum absolute atomic E-state index is 13.0. The zero-order chi connectivity index (χ0) is 15.1. The van der Waals surface area contributed by atoms with Crippen LogP contribution in [0.25, 0.3) is 0 Å². The molecule has 0 spiro atoms. The van der Waals surface area contributed by atoms with E-state index in [0.717, 1.165) is 36.6 Å². The van der Waals surface area contributed by atoms with E-state index >= 15 is 0 Å². The predicted molar refractivity (Wildman–Crippen MR) is 87.4 cm³/mol. The number of aryl methyl sites for hydroxylation is 1. The first-order chi connectivity index (χ1) is 10.2. The average molecular weight is 305 g/mol. The monoisotopic (exact) mass is 305 g/mol. The van der Waals surface area contributed by atoms with E-state index in [1.54, 1.807) is 24.5 Å². The summed E-state index contributed by atoms with van der Waals surface area (Å²) in [5.74, 6) is 0.596. The van der Waals surface area contributed by atoms with E-state index < -0.39 is 0 Å². The lowest BCUT2D eigenvalue weighted by atomic mass is 10.1. The minimum atomic E-state index is -0.183. The molecule has 2 N–H and O–H groups in total. The lowest BCUT2D eigenvalue weighted by molar-refractivity contribution is 0.625. The van der Waals surface area contributed by atoms with Crippen LogP contribution in [0.2, 0.25) is 0 Å². The lowest BCUT2D eigenvalue weighted by Crippen LogP contribution is -2.37. The first-order valence-corrected chi connectivity index (χ1v) is 7.84. The molecular formula is C16H20FN3S. The number of thiophene rings is 1. The molecule has 1 aromatic carbocycles. The number of halogens is 1. The Morgan fingerprint density at radius 2 is 2.14 bits per heavy atom. The first kappa shape index (κ1) is 15.5. The normalized spacial score (nSPS) is 11.5. The van der Waals surface area contributed by atoms with Gasteiger partial charge in [-0.25, -0.2) is 4.39 Å². The molecule has 0 aliphatic heterocycles. The van der Waals surface area contributed by atoms with Gasteiger partial charge in [0, 0.05) is 20.1 Å². The van der Waals surface area contributed by atoms with Crippen LogP contribution in [0, 0.1) is 12.7 Å². The summed E-state index contributed by atoms with van der Waals surface area (Å²) in [5.41, 5.74) is 3.38. The molecule has 0 saturated carbocycles. The van der Waals surface area contributed by atoms with Gasteiger partial charge in [-0.15, -0.1) is 0 Å². The van der Waals surface area contributed by atoms with Crippen LogP contribution in [0.4, 0.5) is 4.39 Å². The molecule has 0 aliphatic carbocycles. The molecule has 0 atom stereocenters. The van der Waals surface area contributed by atoms with Crippen molar-refractivity contribution in [3.05, 3.63) is 57.5 Å². The van der Waals surface area contributed by atoms with Crippen molar-refractivity contribution in [2.24, 2.45) is 4.99 Å². The summed E-state index contributed by atoms with van der Waals surface area (Å²) in [6.45, 7) is 3.45. The van der Waals surface area contributed by atoms with Crippen molar-refractivity contribution in [2.45, 2.75) is 19.9 Å². The molecule has 1 aromatic heterocycles. The van der Waals surface area contributed by atoms with Gasteiger partial charge in [0.25, 0.3) is 0 Å². The molecule has 0 radical (unpaired) electrons. The molecule has 1 heterocycles. The van der Waals surface area contributed by atoms with Crippen molar-refractivity contribution < 1.29 is 4.39 Å². The largest absolute Gasteiger partial charge is 0.356 e. The number of nitrogens with zero attached hydrogens (tertiary/aromatic N) is 1. The molecule has 0 bridgehead atoms. The van der Waals surface area contributed by atoms with Gasteiger partial charge >= 0.3 is 0 Å². The van der Waals surface area contributed by atoms with Gasteiger partial charge in [0.15, 0.2) is 5.96 Å². The molecule has 3 nitrogen and oxygen atoms in total. The van der Waals surface area contributed by atoms with Crippen LogP contribution in [0.3, 0.4) is 0 Å². The summed E-state index contributed by atoms with van der Waals surface area (Å²) < 4.78 is 13.0. The fraction of sp³-hybridized carbons (Fsp3) is 0.312. The average Bonchev–Trinajstić information content (AvgIpc) is 2.98. The highest BCUT2D eigenvalue weighted by Gasteiger charge is 2.02. The van der Waals surface area contributed by atoms with Gasteiger partial charge in [-0.2, -0.15) is 11.3 Å². The van der Waals surface area contributed by atoms with Gasteiger partial charge in [-0.1, -0.05) is 6.07 Å². The van der Waals surface area contributed by atoms with Crippen molar-refractivity contribution in [3.63, 3.8) is 0 Å². The minimum Gasteiger partial charge on any atom is -0.356 e. The SMILES string of the molecule is CN=C(NCCc1ccc(F)cc1C)NCc1ccsc1. The highest BCUT2D eigenvalue weighted by atomic mass is 32.1. The number of aliphatic imine (C=N–C) groups is 1. The summed E-state index contributed by atoms with van der Waals surface area (Å²) in [4.78, 5) is 4.19. The zero-order valence-corrected chi connectivity index (χ0v) is 13.1. The third-order valence-electron chi connectivity index (χ3n) is 3.26. The Morgan fingerprint density at radius 1 is 1.29 bits per heavy atom. The van der Waals surface area contributed by atoms with Gasteiger partial charge in [-0.3, -0.25) is 4.99 Å². The fourth-order valence-corrected chi connectivity index (χ4v) is 2.72. The Labute approximate surface area is 128 Å². The van der Waals surface area contributed by atoms with Gasteiger partial charge in [0.05, 0.1) is 0 Å². The third-order valence-corrected chi connectivity index (χ3v) is 3.99. The van der Waals surface area contributed by atoms with Crippen LogP contribution in [-0.4, -0.2) is 19.6 Å². The molecule has 2 aromatic rings. The number of hydrogen-bond acceptors (Lipinski definition) is 2. The topological polar surface area (TPSA) is 36.4 Å². The van der Waals surface area contributed by atoms with Crippen molar-refractivity contribution in [1.29, 1.82) is 0 Å². The Hall–Kier alpha value is -1.88. The molecule has 0 unspecified atom stereocenters. The van der Waals surface area contributed by atoms with Crippen LogP contribution in [0.15, 0.2) is 40.0 Å². The van der Waals surface area contributed by atoms with E-state index in [1.807, 2.05) is 13.0 Å². The van der Waals surface area contributed by atoms with Crippen LogP contribution in [0.1, 0.15) is 16.7 Å². The Kier molecular flexibility index (Phi) is 5.75. The van der Waals surface area contributed by atoms with Crippen molar-refractivity contribution in [3.8, 4) is 0 Å². The summed E-state index contributed by atoms with van der Waals surface area (Å²) in [7, 11) is 1.76. The summed E-state index contributed by atoms with van der Waals surface area (Å²) >= 11 is 1.69. The summed E-state index contributed by atoms with van der Waals surface area (Å²) in [5, 5.41) is 10.7. The Morgan fingerprint density at radius 3 is 2.81 bits per heavy atom. The molecule has 21 heavy (non-hydrogen) atoms. The van der Waals surface area contributed by atoms with E-state index in [0.29, 0.717) is 0 Å². The second-order valence-corrected chi connectivity index (χ2v) is 5.58. The minimum absolute atomic E-state index is 0.183. The van der Waals surface area contributed by atoms with E-state index in [9.17, 15) is 4.39 Å². The fourth-order valence-electron chi connectivity index (χ4n) is 2.05. The maximum Gasteiger partial charge on any atom is 0.191 e. The van der Waals surface area contributed by atoms with Gasteiger partial charge in [0.2, 0.25) is 0 Å². The second kappa shape index (κ2) is 7.78. The molecule has 2 rings (SSSR count). The number of nitrogens with one attached hydrogen (secondary N) is 2. The molecule has 0 fully saturated rings. The lowest BCUT2D eigenvalue weighted by Gasteiger charge is -2.12. The molecule has 0 amide bonds. The molecular weight excluding hydrogens is 285 g/mol. The number of benzene rings is 1. The highest BCUT2D eigenvalue weighted by Crippen LogP contribution is 2.10. The molecule has 112 valence electrons. The molecule has 0 aliphatic rings. The quantitative estimate of drug-likeness (QED) is 0.658. The van der Waals surface area contributed by atoms with E-state index in [-0.39, 0.29) is 5.82 Å². The standard InChI is InChI=1S/C16H20FN3S/c1-12-9-15(17)4-3-14(12)5-7-19-16(18-2)20-10-13-6-8-21-11-13/h3-4,6,8-9,11H,5,7,10H2,1-2H3,(H2,18,19,20). The summed E-state index contributed by atoms with van der Waals surface area (Å²) in [6.07, 6.45) is 0.839. The number of hydrogen-bond donors (Lipinski definition) is 2. The predicted octanol–water partition coefficient (Wildman–Crippen LogP) is 3.10. The summed E-state index contributed by atoms with van der Waals surface area (Å²) in [6, 6.07) is 7.01. The van der Waals surface area contributed by atoms with E-state index in [4.69, 9.17) is 0 Å². The highest BCUT2D eigenvalue weighted by molar-refractivity contribution is 7.07. The van der Waals surface area contributed by atoms with Crippen molar-refractivity contribution >= 4 is 17.3 Å². The smallest absolute Gasteiger partial charge is 0.191 e. The van der Waals surface area contributed by atoms with Gasteiger partial charge in [-0.05, 0) is 59.0 Å². The van der Waals surface area contributed by atoms with E-state index in [1.165, 1.54) is 11.6 Å². The van der Waals surface area contributed by atoms with Crippen molar-refractivity contribution in [1.82, 2.24) is 10.6 Å². The second-order valence-electron chi connectivity index (χ2n) is 4.80. The molecule has 5 heteroatoms. The first-order valence-electron chi connectivity index (χ1n) is 6.89. The molecule has 0 saturated heterocycles. The third kappa shape index (κ3) is 4.86. The Bertz CT molecular complexity index is 594.